The molecule has 6 rings (SSSR count). The molecule has 2 aromatic carbocycles. The van der Waals surface area contributed by atoms with E-state index in [-0.39, 0.29) is 30.3 Å². The number of para-hydroxylation sites is 1. The maximum atomic E-state index is 14.2. The summed E-state index contributed by atoms with van der Waals surface area (Å²) in [7, 11) is 0. The smallest absolute Gasteiger partial charge is 0.410 e. The molecule has 0 aromatic heterocycles. The van der Waals surface area contributed by atoms with Crippen molar-refractivity contribution < 1.29 is 28.5 Å². The molecule has 4 heterocycles. The molecule has 0 bridgehead atoms. The van der Waals surface area contributed by atoms with E-state index in [4.69, 9.17) is 18.9 Å². The summed E-state index contributed by atoms with van der Waals surface area (Å²) < 4.78 is 24.0. The molecular formula is C30H36N2O6. The third-order valence-corrected chi connectivity index (χ3v) is 8.01. The summed E-state index contributed by atoms with van der Waals surface area (Å²) in [6.45, 7) is 10.3. The summed E-state index contributed by atoms with van der Waals surface area (Å²) in [4.78, 5) is 30.2. The zero-order valence-electron chi connectivity index (χ0n) is 22.6. The monoisotopic (exact) mass is 520 g/mol. The first kappa shape index (κ1) is 25.0. The van der Waals surface area contributed by atoms with Crippen molar-refractivity contribution in [3.05, 3.63) is 53.6 Å². The number of nitrogens with zero attached hydrogens (tertiary/aromatic N) is 2. The van der Waals surface area contributed by atoms with Crippen molar-refractivity contribution in [1.82, 2.24) is 4.90 Å². The number of rotatable bonds is 4. The number of likely N-dealkylation sites (tertiary alicyclic amines) is 1. The second kappa shape index (κ2) is 8.90. The molecule has 0 aliphatic carbocycles. The van der Waals surface area contributed by atoms with E-state index in [0.29, 0.717) is 31.1 Å². The first-order valence-electron chi connectivity index (χ1n) is 13.6. The Kier molecular flexibility index (Phi) is 5.87. The van der Waals surface area contributed by atoms with Crippen LogP contribution in [0.2, 0.25) is 0 Å². The topological polar surface area (TPSA) is 77.5 Å². The van der Waals surface area contributed by atoms with E-state index in [1.807, 2.05) is 68.1 Å². The van der Waals surface area contributed by atoms with Gasteiger partial charge in [0.25, 0.3) is 0 Å². The van der Waals surface area contributed by atoms with Crippen molar-refractivity contribution in [3.8, 4) is 11.5 Å². The molecule has 0 radical (unpaired) electrons. The van der Waals surface area contributed by atoms with Crippen LogP contribution in [0.25, 0.3) is 0 Å². The molecular weight excluding hydrogens is 484 g/mol. The highest BCUT2D eigenvalue weighted by Crippen LogP contribution is 2.53. The van der Waals surface area contributed by atoms with Crippen LogP contribution in [0.3, 0.4) is 0 Å². The van der Waals surface area contributed by atoms with Gasteiger partial charge in [-0.05, 0) is 58.2 Å². The molecule has 2 saturated heterocycles. The van der Waals surface area contributed by atoms with Gasteiger partial charge in [0.2, 0.25) is 5.91 Å². The van der Waals surface area contributed by atoms with E-state index < -0.39 is 11.0 Å². The second-order valence-electron chi connectivity index (χ2n) is 12.1. The van der Waals surface area contributed by atoms with E-state index in [2.05, 4.69) is 6.92 Å². The highest BCUT2D eigenvalue weighted by Gasteiger charge is 2.57. The Hall–Kier alpha value is -3.26. The Morgan fingerprint density at radius 1 is 1.16 bits per heavy atom. The van der Waals surface area contributed by atoms with Gasteiger partial charge in [-0.25, -0.2) is 4.79 Å². The average Bonchev–Trinajstić information content (AvgIpc) is 3.63. The third-order valence-electron chi connectivity index (χ3n) is 8.01. The molecule has 8 nitrogen and oxygen atoms in total. The normalized spacial score (nSPS) is 28.0. The molecule has 0 N–H and O–H groups in total. The Balaban J connectivity index is 1.22. The van der Waals surface area contributed by atoms with E-state index in [0.717, 1.165) is 42.7 Å². The van der Waals surface area contributed by atoms with Crippen LogP contribution in [-0.4, -0.2) is 67.1 Å². The van der Waals surface area contributed by atoms with Gasteiger partial charge in [-0.15, -0.1) is 0 Å². The van der Waals surface area contributed by atoms with E-state index in [9.17, 15) is 9.59 Å². The maximum absolute atomic E-state index is 14.2. The van der Waals surface area contributed by atoms with Crippen LogP contribution in [0.5, 0.6) is 11.5 Å². The molecule has 8 heteroatoms. The number of carbonyl (C=O) groups is 2. The maximum Gasteiger partial charge on any atom is 0.410 e. The molecule has 3 unspecified atom stereocenters. The van der Waals surface area contributed by atoms with Gasteiger partial charge < -0.3 is 28.7 Å². The minimum absolute atomic E-state index is 0.0339. The Bertz CT molecular complexity index is 1260. The SMILES string of the molecule is CC(C)(C)OC(=O)N1CCC(Oc2ccc3c(c2)OCC32C(=O)N(CC3(C)CCCO3)c3ccccc32)C1. The van der Waals surface area contributed by atoms with Crippen molar-refractivity contribution >= 4 is 17.7 Å². The lowest BCUT2D eigenvalue weighted by Crippen LogP contribution is -2.48. The fraction of sp³-hybridized carbons (Fsp3) is 0.533. The molecule has 4 aliphatic heterocycles. The van der Waals surface area contributed by atoms with Gasteiger partial charge in [0, 0.05) is 36.9 Å². The molecule has 2 aromatic rings. The number of benzene rings is 2. The number of hydrogen-bond donors (Lipinski definition) is 0. The van der Waals surface area contributed by atoms with Crippen LogP contribution in [0, 0.1) is 0 Å². The van der Waals surface area contributed by atoms with Gasteiger partial charge in [0.15, 0.2) is 0 Å². The van der Waals surface area contributed by atoms with Crippen molar-refractivity contribution in [1.29, 1.82) is 0 Å². The molecule has 202 valence electrons. The van der Waals surface area contributed by atoms with Crippen LogP contribution in [0.4, 0.5) is 10.5 Å². The lowest BCUT2D eigenvalue weighted by Gasteiger charge is -2.30. The molecule has 2 amide bonds. The summed E-state index contributed by atoms with van der Waals surface area (Å²) in [5.41, 5.74) is 1.02. The number of ether oxygens (including phenoxy) is 4. The van der Waals surface area contributed by atoms with Crippen molar-refractivity contribution in [2.75, 3.05) is 37.7 Å². The van der Waals surface area contributed by atoms with Crippen LogP contribution < -0.4 is 14.4 Å². The lowest BCUT2D eigenvalue weighted by atomic mass is 9.77. The minimum Gasteiger partial charge on any atom is -0.491 e. The molecule has 4 aliphatic rings. The van der Waals surface area contributed by atoms with Crippen molar-refractivity contribution in [2.45, 2.75) is 69.7 Å². The quantitative estimate of drug-likeness (QED) is 0.583. The van der Waals surface area contributed by atoms with E-state index >= 15 is 0 Å². The first-order valence-corrected chi connectivity index (χ1v) is 13.6. The van der Waals surface area contributed by atoms with E-state index in [1.165, 1.54) is 0 Å². The number of amides is 2. The fourth-order valence-corrected chi connectivity index (χ4v) is 6.20. The zero-order valence-corrected chi connectivity index (χ0v) is 22.6. The van der Waals surface area contributed by atoms with Crippen LogP contribution in [0.15, 0.2) is 42.5 Å². The average molecular weight is 521 g/mol. The molecule has 1 spiro atoms. The van der Waals surface area contributed by atoms with Crippen LogP contribution >= 0.6 is 0 Å². The summed E-state index contributed by atoms with van der Waals surface area (Å²) in [6.07, 6.45) is 2.22. The van der Waals surface area contributed by atoms with Gasteiger partial charge in [0.05, 0.1) is 18.7 Å². The first-order chi connectivity index (χ1) is 18.1. The zero-order chi connectivity index (χ0) is 26.7. The standard InChI is InChI=1S/C30H36N2O6/c1-28(2,3)38-27(34)31-14-12-21(17-31)37-20-10-11-23-25(16-20)35-19-30(23)22-8-5-6-9-24(22)32(26(30)33)18-29(4)13-7-15-36-29/h5-6,8-11,16,21H,7,12-15,17-19H2,1-4H3. The highest BCUT2D eigenvalue weighted by molar-refractivity contribution is 6.11. The van der Waals surface area contributed by atoms with E-state index in [1.54, 1.807) is 4.90 Å². The van der Waals surface area contributed by atoms with Crippen molar-refractivity contribution in [3.63, 3.8) is 0 Å². The summed E-state index contributed by atoms with van der Waals surface area (Å²) in [5, 5.41) is 0. The predicted molar refractivity (Wildman–Crippen MR) is 142 cm³/mol. The number of anilines is 1. The summed E-state index contributed by atoms with van der Waals surface area (Å²) >= 11 is 0. The number of carbonyl (C=O) groups excluding carboxylic acids is 2. The molecule has 2 fully saturated rings. The number of fused-ring (bicyclic) bond motifs is 4. The molecule has 38 heavy (non-hydrogen) atoms. The van der Waals surface area contributed by atoms with Crippen LogP contribution in [-0.2, 0) is 19.7 Å². The Morgan fingerprint density at radius 3 is 2.74 bits per heavy atom. The highest BCUT2D eigenvalue weighted by atomic mass is 16.6. The Labute approximate surface area is 223 Å². The van der Waals surface area contributed by atoms with Gasteiger partial charge >= 0.3 is 6.09 Å². The molecule has 0 saturated carbocycles. The third kappa shape index (κ3) is 4.19. The summed E-state index contributed by atoms with van der Waals surface area (Å²) in [6, 6.07) is 13.8. The second-order valence-corrected chi connectivity index (χ2v) is 12.1. The lowest BCUT2D eigenvalue weighted by molar-refractivity contribution is -0.123. The minimum atomic E-state index is -0.875. The fourth-order valence-electron chi connectivity index (χ4n) is 6.20. The van der Waals surface area contributed by atoms with Gasteiger partial charge in [0.1, 0.15) is 35.2 Å². The van der Waals surface area contributed by atoms with Gasteiger partial charge in [-0.1, -0.05) is 24.3 Å². The van der Waals surface area contributed by atoms with Gasteiger partial charge in [-0.3, -0.25) is 4.79 Å². The van der Waals surface area contributed by atoms with Gasteiger partial charge in [-0.2, -0.15) is 0 Å². The number of hydrogen-bond acceptors (Lipinski definition) is 6. The summed E-state index contributed by atoms with van der Waals surface area (Å²) in [5.74, 6) is 1.36. The van der Waals surface area contributed by atoms with Crippen molar-refractivity contribution in [2.24, 2.45) is 0 Å². The predicted octanol–water partition coefficient (Wildman–Crippen LogP) is 4.67. The Morgan fingerprint density at radius 2 is 1.97 bits per heavy atom. The van der Waals surface area contributed by atoms with Crippen LogP contribution in [0.1, 0.15) is 58.1 Å². The largest absolute Gasteiger partial charge is 0.491 e. The molecule has 3 atom stereocenters.